The van der Waals surface area contributed by atoms with E-state index in [9.17, 15) is 4.79 Å². The van der Waals surface area contributed by atoms with Crippen LogP contribution in [0, 0.1) is 0 Å². The van der Waals surface area contributed by atoms with E-state index in [0.29, 0.717) is 13.1 Å². The highest BCUT2D eigenvalue weighted by Crippen LogP contribution is 2.20. The lowest BCUT2D eigenvalue weighted by atomic mass is 10.0. The number of amides is 1. The number of hydrogen-bond acceptors (Lipinski definition) is 3. The molecule has 2 heterocycles. The van der Waals surface area contributed by atoms with Crippen molar-refractivity contribution in [1.29, 1.82) is 0 Å². The summed E-state index contributed by atoms with van der Waals surface area (Å²) in [7, 11) is 0. The van der Waals surface area contributed by atoms with Gasteiger partial charge in [0.25, 0.3) is 0 Å². The summed E-state index contributed by atoms with van der Waals surface area (Å²) in [5.74, 6) is 0.0259. The van der Waals surface area contributed by atoms with Crippen molar-refractivity contribution in [2.24, 2.45) is 5.73 Å². The second kappa shape index (κ2) is 3.82. The molecule has 4 nitrogen and oxygen atoms in total. The van der Waals surface area contributed by atoms with Crippen molar-refractivity contribution < 1.29 is 4.79 Å². The van der Waals surface area contributed by atoms with Crippen LogP contribution < -0.4 is 5.73 Å². The first-order chi connectivity index (χ1) is 8.25. The van der Waals surface area contributed by atoms with Crippen molar-refractivity contribution in [3.8, 4) is 0 Å². The number of β-lactam (4-membered cyclic amide) rings is 1. The second-order valence-electron chi connectivity index (χ2n) is 4.32. The van der Waals surface area contributed by atoms with Gasteiger partial charge < -0.3 is 10.6 Å². The van der Waals surface area contributed by atoms with Gasteiger partial charge in [0, 0.05) is 24.7 Å². The molecule has 1 unspecified atom stereocenters. The topological polar surface area (TPSA) is 59.2 Å². The van der Waals surface area contributed by atoms with E-state index in [4.69, 9.17) is 5.73 Å². The standard InChI is InChI=1S/C13H13N3O/c14-11-8-16(13(11)17)7-10-4-1-3-9-5-2-6-15-12(9)10/h1-6,11H,7-8,14H2. The molecule has 0 spiro atoms. The number of pyridine rings is 1. The Morgan fingerprint density at radius 3 is 2.94 bits per heavy atom. The molecule has 2 N–H and O–H groups in total. The van der Waals surface area contributed by atoms with Crippen LogP contribution >= 0.6 is 0 Å². The number of carbonyl (C=O) groups excluding carboxylic acids is 1. The minimum Gasteiger partial charge on any atom is -0.335 e. The molecule has 1 amide bonds. The van der Waals surface area contributed by atoms with Gasteiger partial charge in [0.05, 0.1) is 5.52 Å². The van der Waals surface area contributed by atoms with Crippen LogP contribution in [0.2, 0.25) is 0 Å². The number of aromatic nitrogens is 1. The van der Waals surface area contributed by atoms with Gasteiger partial charge in [-0.2, -0.15) is 0 Å². The van der Waals surface area contributed by atoms with Crippen molar-refractivity contribution in [1.82, 2.24) is 9.88 Å². The normalized spacial score (nSPS) is 19.5. The molecule has 0 aliphatic carbocycles. The Labute approximate surface area is 99.0 Å². The lowest BCUT2D eigenvalue weighted by Crippen LogP contribution is -2.60. The van der Waals surface area contributed by atoms with Gasteiger partial charge in [-0.05, 0) is 11.6 Å². The van der Waals surface area contributed by atoms with Crippen LogP contribution in [0.25, 0.3) is 10.9 Å². The van der Waals surface area contributed by atoms with E-state index in [0.717, 1.165) is 16.5 Å². The lowest BCUT2D eigenvalue weighted by Gasteiger charge is -2.36. The van der Waals surface area contributed by atoms with Gasteiger partial charge in [-0.3, -0.25) is 9.78 Å². The molecule has 17 heavy (non-hydrogen) atoms. The average Bonchev–Trinajstić information content (AvgIpc) is 2.38. The molecule has 1 atom stereocenters. The SMILES string of the molecule is NC1CN(Cc2cccc3cccnc23)C1=O. The Morgan fingerprint density at radius 2 is 2.18 bits per heavy atom. The zero-order chi connectivity index (χ0) is 11.8. The molecule has 0 saturated carbocycles. The summed E-state index contributed by atoms with van der Waals surface area (Å²) in [6.07, 6.45) is 1.77. The lowest BCUT2D eigenvalue weighted by molar-refractivity contribution is -0.143. The Kier molecular flexibility index (Phi) is 2.30. The summed E-state index contributed by atoms with van der Waals surface area (Å²) in [5.41, 5.74) is 7.61. The Morgan fingerprint density at radius 1 is 1.35 bits per heavy atom. The average molecular weight is 227 g/mol. The fourth-order valence-electron chi connectivity index (χ4n) is 2.17. The number of hydrogen-bond donors (Lipinski definition) is 1. The molecule has 3 rings (SSSR count). The number of likely N-dealkylation sites (tertiary alicyclic amines) is 1. The fraction of sp³-hybridized carbons (Fsp3) is 0.231. The number of carbonyl (C=O) groups is 1. The van der Waals surface area contributed by atoms with Crippen molar-refractivity contribution in [3.63, 3.8) is 0 Å². The number of para-hydroxylation sites is 1. The van der Waals surface area contributed by atoms with Crippen molar-refractivity contribution in [3.05, 3.63) is 42.1 Å². The summed E-state index contributed by atoms with van der Waals surface area (Å²) in [6.45, 7) is 1.24. The largest absolute Gasteiger partial charge is 0.335 e. The van der Waals surface area contributed by atoms with Gasteiger partial charge in [-0.15, -0.1) is 0 Å². The maximum Gasteiger partial charge on any atom is 0.241 e. The number of nitrogens with zero attached hydrogens (tertiary/aromatic N) is 2. The molecule has 2 aromatic rings. The summed E-state index contributed by atoms with van der Waals surface area (Å²) < 4.78 is 0. The molecule has 86 valence electrons. The van der Waals surface area contributed by atoms with Crippen LogP contribution in [0.3, 0.4) is 0 Å². The summed E-state index contributed by atoms with van der Waals surface area (Å²) in [6, 6.07) is 9.65. The van der Waals surface area contributed by atoms with Gasteiger partial charge >= 0.3 is 0 Å². The van der Waals surface area contributed by atoms with Gasteiger partial charge in [-0.1, -0.05) is 24.3 Å². The third-order valence-electron chi connectivity index (χ3n) is 3.12. The van der Waals surface area contributed by atoms with Gasteiger partial charge in [0.15, 0.2) is 0 Å². The Balaban J connectivity index is 1.93. The van der Waals surface area contributed by atoms with E-state index >= 15 is 0 Å². The molecule has 1 aliphatic heterocycles. The molecular weight excluding hydrogens is 214 g/mol. The van der Waals surface area contributed by atoms with Gasteiger partial charge in [0.2, 0.25) is 5.91 Å². The summed E-state index contributed by atoms with van der Waals surface area (Å²) >= 11 is 0. The minimum absolute atomic E-state index is 0.0259. The third kappa shape index (κ3) is 1.66. The molecule has 1 aromatic heterocycles. The van der Waals surface area contributed by atoms with Crippen LogP contribution in [0.4, 0.5) is 0 Å². The Bertz CT molecular complexity index is 576. The summed E-state index contributed by atoms with van der Waals surface area (Å²) in [4.78, 5) is 17.6. The van der Waals surface area contributed by atoms with Gasteiger partial charge in [-0.25, -0.2) is 0 Å². The van der Waals surface area contributed by atoms with Crippen LogP contribution in [-0.2, 0) is 11.3 Å². The maximum absolute atomic E-state index is 11.5. The highest BCUT2D eigenvalue weighted by atomic mass is 16.2. The van der Waals surface area contributed by atoms with Crippen LogP contribution in [-0.4, -0.2) is 28.4 Å². The first-order valence-corrected chi connectivity index (χ1v) is 5.63. The van der Waals surface area contributed by atoms with Crippen LogP contribution in [0.1, 0.15) is 5.56 Å². The zero-order valence-electron chi connectivity index (χ0n) is 9.34. The smallest absolute Gasteiger partial charge is 0.241 e. The van der Waals surface area contributed by atoms with E-state index in [-0.39, 0.29) is 11.9 Å². The Hall–Kier alpha value is -1.94. The zero-order valence-corrected chi connectivity index (χ0v) is 9.34. The molecule has 4 heteroatoms. The van der Waals surface area contributed by atoms with E-state index in [2.05, 4.69) is 4.98 Å². The van der Waals surface area contributed by atoms with E-state index < -0.39 is 0 Å². The molecule has 1 fully saturated rings. The van der Waals surface area contributed by atoms with Crippen molar-refractivity contribution in [2.45, 2.75) is 12.6 Å². The van der Waals surface area contributed by atoms with E-state index in [1.165, 1.54) is 0 Å². The molecule has 1 aromatic carbocycles. The van der Waals surface area contributed by atoms with Crippen LogP contribution in [0.5, 0.6) is 0 Å². The predicted octanol–water partition coefficient (Wildman–Crippen LogP) is 0.904. The van der Waals surface area contributed by atoms with Crippen LogP contribution in [0.15, 0.2) is 36.5 Å². The second-order valence-corrected chi connectivity index (χ2v) is 4.32. The summed E-state index contributed by atoms with van der Waals surface area (Å²) in [5, 5.41) is 1.10. The predicted molar refractivity (Wildman–Crippen MR) is 65.1 cm³/mol. The highest BCUT2D eigenvalue weighted by molar-refractivity contribution is 5.88. The van der Waals surface area contributed by atoms with Crippen molar-refractivity contribution in [2.75, 3.05) is 6.54 Å². The van der Waals surface area contributed by atoms with Gasteiger partial charge in [0.1, 0.15) is 6.04 Å². The van der Waals surface area contributed by atoms with E-state index in [1.54, 1.807) is 11.1 Å². The number of rotatable bonds is 2. The quantitative estimate of drug-likeness (QED) is 0.776. The molecule has 0 bridgehead atoms. The first kappa shape index (κ1) is 10.2. The highest BCUT2D eigenvalue weighted by Gasteiger charge is 2.33. The number of fused-ring (bicyclic) bond motifs is 1. The maximum atomic E-state index is 11.5. The molecule has 1 saturated heterocycles. The van der Waals surface area contributed by atoms with E-state index in [1.807, 2.05) is 30.3 Å². The monoisotopic (exact) mass is 227 g/mol. The van der Waals surface area contributed by atoms with Crippen molar-refractivity contribution >= 4 is 16.8 Å². The number of nitrogens with two attached hydrogens (primary N) is 1. The minimum atomic E-state index is -0.307. The molecule has 0 radical (unpaired) electrons. The fourth-order valence-corrected chi connectivity index (χ4v) is 2.17. The third-order valence-corrected chi connectivity index (χ3v) is 3.12. The number of benzene rings is 1. The molecule has 1 aliphatic rings. The first-order valence-electron chi connectivity index (χ1n) is 5.63. The molecular formula is C13H13N3O.